The Balaban J connectivity index is 3.95. The third-order valence-electron chi connectivity index (χ3n) is 0.515. The zero-order valence-electron chi connectivity index (χ0n) is 6.58. The highest BCUT2D eigenvalue weighted by Crippen LogP contribution is 2.47. The van der Waals surface area contributed by atoms with Gasteiger partial charge in [0, 0.05) is 18.3 Å². The quantitative estimate of drug-likeness (QED) is 0.165. The van der Waals surface area contributed by atoms with E-state index >= 15 is 0 Å². The average molecular weight is 252 g/mol. The molecular formula is CH10N4O5P2S. The van der Waals surface area contributed by atoms with E-state index in [-0.39, 0.29) is 0 Å². The van der Waals surface area contributed by atoms with Gasteiger partial charge in [-0.1, -0.05) is 5.25 Å². The van der Waals surface area contributed by atoms with Gasteiger partial charge in [-0.05, 0) is 0 Å². The van der Waals surface area contributed by atoms with Gasteiger partial charge < -0.3 is 0 Å². The number of hydrogen-bond donors (Lipinski definition) is 4. The molecule has 12 heteroatoms. The molecule has 0 bridgehead atoms. The highest BCUT2D eigenvalue weighted by atomic mass is 32.2. The number of rotatable bonds is 6. The Morgan fingerprint density at radius 2 is 1.85 bits per heavy atom. The molecule has 0 saturated carbocycles. The topological polar surface area (TPSA) is 152 Å². The summed E-state index contributed by atoms with van der Waals surface area (Å²) in [5, 5.41) is 1.65. The molecule has 0 aliphatic carbocycles. The summed E-state index contributed by atoms with van der Waals surface area (Å²) < 4.78 is 29.9. The second kappa shape index (κ2) is 5.42. The van der Waals surface area contributed by atoms with E-state index in [2.05, 4.69) is 13.6 Å². The maximum absolute atomic E-state index is 11.0. The van der Waals surface area contributed by atoms with Crippen LogP contribution in [0, 0.1) is 0 Å². The van der Waals surface area contributed by atoms with Gasteiger partial charge in [0.15, 0.2) is 0 Å². The summed E-state index contributed by atoms with van der Waals surface area (Å²) in [5.74, 6) is 0. The molecular weight excluding hydrogens is 242 g/mol. The van der Waals surface area contributed by atoms with Gasteiger partial charge in [0.25, 0.3) is 0 Å². The predicted molar refractivity (Wildman–Crippen MR) is 47.7 cm³/mol. The van der Waals surface area contributed by atoms with Gasteiger partial charge in [0.1, 0.15) is 0 Å². The monoisotopic (exact) mass is 252 g/mol. The van der Waals surface area contributed by atoms with E-state index < -0.39 is 15.3 Å². The Kier molecular flexibility index (Phi) is 5.64. The lowest BCUT2D eigenvalue weighted by atomic mass is 12.0. The largest absolute Gasteiger partial charge is 0.370 e. The van der Waals surface area contributed by atoms with E-state index in [0.29, 0.717) is 0 Å². The Morgan fingerprint density at radius 3 is 2.23 bits per heavy atom. The van der Waals surface area contributed by atoms with Crippen molar-refractivity contribution in [1.82, 2.24) is 5.25 Å². The fourth-order valence-corrected chi connectivity index (χ4v) is 2.25. The SMILES string of the molecule is CSOONP(N)(=O)OP(N)(N)=O. The first kappa shape index (κ1) is 13.5. The number of nitrogens with one attached hydrogen (secondary N) is 1. The molecule has 0 aliphatic rings. The fraction of sp³-hybridized carbons (Fsp3) is 1.00. The second-order valence-corrected chi connectivity index (χ2v) is 5.52. The summed E-state index contributed by atoms with van der Waals surface area (Å²) in [4.78, 5) is 4.06. The second-order valence-electron chi connectivity index (χ2n) is 1.73. The highest BCUT2D eigenvalue weighted by molar-refractivity contribution is 7.93. The molecule has 1 unspecified atom stereocenters. The van der Waals surface area contributed by atoms with Crippen molar-refractivity contribution >= 4 is 27.4 Å². The molecule has 0 amide bonds. The van der Waals surface area contributed by atoms with Gasteiger partial charge in [-0.2, -0.15) is 0 Å². The molecule has 0 aliphatic heterocycles. The Labute approximate surface area is 78.8 Å². The van der Waals surface area contributed by atoms with E-state index in [9.17, 15) is 9.13 Å². The Hall–Kier alpha value is 0.530. The standard InChI is InChI=1S/CH10N4O5P2S/c1-13-9-8-5-12(4,7)10-11(2,3)6/h1H3,(H4,2,3,6)(H3,4,5,7). The van der Waals surface area contributed by atoms with E-state index in [4.69, 9.17) is 16.5 Å². The van der Waals surface area contributed by atoms with Crippen LogP contribution in [0.5, 0.6) is 0 Å². The highest BCUT2D eigenvalue weighted by Gasteiger charge is 2.26. The van der Waals surface area contributed by atoms with E-state index in [0.717, 1.165) is 12.0 Å². The van der Waals surface area contributed by atoms with Gasteiger partial charge in [0.05, 0.1) is 0 Å². The first-order valence-electron chi connectivity index (χ1n) is 2.67. The summed E-state index contributed by atoms with van der Waals surface area (Å²) in [6.07, 6.45) is 1.53. The maximum Gasteiger partial charge on any atom is 0.370 e. The molecule has 13 heavy (non-hydrogen) atoms. The average Bonchev–Trinajstić information content (AvgIpc) is 1.81. The molecule has 1 atom stereocenters. The van der Waals surface area contributed by atoms with Crippen LogP contribution < -0.4 is 21.8 Å². The van der Waals surface area contributed by atoms with Gasteiger partial charge in [-0.3, -0.25) is 9.13 Å². The molecule has 0 fully saturated rings. The molecule has 0 aromatic carbocycles. The molecule has 7 N–H and O–H groups in total. The zero-order chi connectivity index (χ0) is 10.5. The van der Waals surface area contributed by atoms with Crippen molar-refractivity contribution in [2.24, 2.45) is 16.5 Å². The molecule has 0 radical (unpaired) electrons. The lowest BCUT2D eigenvalue weighted by Gasteiger charge is -2.14. The third kappa shape index (κ3) is 8.85. The van der Waals surface area contributed by atoms with Crippen LogP contribution in [0.3, 0.4) is 0 Å². The summed E-state index contributed by atoms with van der Waals surface area (Å²) in [5.41, 5.74) is 14.4. The van der Waals surface area contributed by atoms with Crippen molar-refractivity contribution < 1.29 is 22.8 Å². The third-order valence-corrected chi connectivity index (χ3v) is 3.04. The summed E-state index contributed by atoms with van der Waals surface area (Å²) in [6.45, 7) is 0. The number of hydrogen-bond acceptors (Lipinski definition) is 6. The van der Waals surface area contributed by atoms with Gasteiger partial charge in [-0.15, -0.1) is 9.32 Å². The van der Waals surface area contributed by atoms with Gasteiger partial charge in [0.2, 0.25) is 0 Å². The first-order chi connectivity index (χ1) is 5.77. The normalized spacial score (nSPS) is 16.9. The van der Waals surface area contributed by atoms with Crippen molar-refractivity contribution in [3.05, 3.63) is 0 Å². The molecule has 80 valence electrons. The van der Waals surface area contributed by atoms with Crippen molar-refractivity contribution in [1.29, 1.82) is 0 Å². The molecule has 0 aromatic rings. The maximum atomic E-state index is 11.0. The summed E-state index contributed by atoms with van der Waals surface area (Å²) in [6, 6.07) is 0. The van der Waals surface area contributed by atoms with Crippen LogP contribution in [0.1, 0.15) is 0 Å². The Bertz CT molecular complexity index is 241. The van der Waals surface area contributed by atoms with Crippen LogP contribution in [-0.2, 0) is 22.8 Å². The summed E-state index contributed by atoms with van der Waals surface area (Å²) in [7, 11) is -7.90. The van der Waals surface area contributed by atoms with Crippen LogP contribution in [-0.4, -0.2) is 6.26 Å². The molecule has 0 saturated heterocycles. The first-order valence-corrected chi connectivity index (χ1v) is 7.28. The van der Waals surface area contributed by atoms with Crippen molar-refractivity contribution in [3.8, 4) is 0 Å². The number of nitrogens with two attached hydrogens (primary N) is 3. The van der Waals surface area contributed by atoms with Crippen LogP contribution >= 0.6 is 27.4 Å². The van der Waals surface area contributed by atoms with Gasteiger partial charge in [-0.25, -0.2) is 20.8 Å². The van der Waals surface area contributed by atoms with Crippen LogP contribution in [0.15, 0.2) is 0 Å². The lowest BCUT2D eigenvalue weighted by molar-refractivity contribution is -0.221. The smallest absolute Gasteiger partial charge is 0.256 e. The lowest BCUT2D eigenvalue weighted by Crippen LogP contribution is -2.20. The molecule has 0 rings (SSSR count). The van der Waals surface area contributed by atoms with E-state index in [1.165, 1.54) is 6.26 Å². The minimum absolute atomic E-state index is 0.812. The van der Waals surface area contributed by atoms with E-state index in [1.54, 1.807) is 5.25 Å². The van der Waals surface area contributed by atoms with Gasteiger partial charge >= 0.3 is 15.3 Å². The van der Waals surface area contributed by atoms with Crippen LogP contribution in [0.4, 0.5) is 0 Å². The van der Waals surface area contributed by atoms with Crippen molar-refractivity contribution in [2.75, 3.05) is 6.26 Å². The van der Waals surface area contributed by atoms with E-state index in [1.807, 2.05) is 0 Å². The molecule has 0 aromatic heterocycles. The minimum Gasteiger partial charge on any atom is -0.256 e. The summed E-state index contributed by atoms with van der Waals surface area (Å²) >= 11 is 0.812. The predicted octanol–water partition coefficient (Wildman–Crippen LogP) is -0.174. The van der Waals surface area contributed by atoms with Crippen molar-refractivity contribution in [2.45, 2.75) is 0 Å². The molecule has 0 spiro atoms. The minimum atomic E-state index is -3.97. The van der Waals surface area contributed by atoms with Crippen molar-refractivity contribution in [3.63, 3.8) is 0 Å². The van der Waals surface area contributed by atoms with Crippen LogP contribution in [0.2, 0.25) is 0 Å². The van der Waals surface area contributed by atoms with Crippen LogP contribution in [0.25, 0.3) is 0 Å². The molecule has 0 heterocycles. The zero-order valence-corrected chi connectivity index (χ0v) is 9.18. The Morgan fingerprint density at radius 1 is 1.31 bits per heavy atom. The fourth-order valence-electron chi connectivity index (χ4n) is 0.307. The molecule has 9 nitrogen and oxygen atoms in total.